The molecule has 0 radical (unpaired) electrons. The Balaban J connectivity index is 2.17. The van der Waals surface area contributed by atoms with Crippen LogP contribution in [0.3, 0.4) is 0 Å². The molecule has 1 aromatic rings. The van der Waals surface area contributed by atoms with E-state index in [2.05, 4.69) is 29.8 Å². The number of aryl methyl sites for hydroxylation is 1. The summed E-state index contributed by atoms with van der Waals surface area (Å²) in [7, 11) is 0. The summed E-state index contributed by atoms with van der Waals surface area (Å²) in [5.74, 6) is 0. The van der Waals surface area contributed by atoms with Crippen LogP contribution in [0.5, 0.6) is 0 Å². The summed E-state index contributed by atoms with van der Waals surface area (Å²) in [4.78, 5) is 6.65. The molecule has 1 fully saturated rings. The minimum atomic E-state index is -0.0841. The van der Waals surface area contributed by atoms with Gasteiger partial charge in [-0.2, -0.15) is 0 Å². The molecule has 0 saturated carbocycles. The number of nitrogens with zero attached hydrogens (tertiary/aromatic N) is 2. The maximum absolute atomic E-state index is 6.45. The fourth-order valence-corrected chi connectivity index (χ4v) is 2.49. The van der Waals surface area contributed by atoms with E-state index in [4.69, 9.17) is 10.5 Å². The van der Waals surface area contributed by atoms with Gasteiger partial charge in [-0.3, -0.25) is 9.88 Å². The van der Waals surface area contributed by atoms with Crippen LogP contribution in [0.4, 0.5) is 0 Å². The van der Waals surface area contributed by atoms with Gasteiger partial charge in [0.25, 0.3) is 0 Å². The van der Waals surface area contributed by atoms with Gasteiger partial charge in [0.1, 0.15) is 0 Å². The van der Waals surface area contributed by atoms with Gasteiger partial charge in [-0.15, -0.1) is 0 Å². The summed E-state index contributed by atoms with van der Waals surface area (Å²) >= 11 is 0. The molecule has 0 spiro atoms. The Hall–Kier alpha value is -0.970. The summed E-state index contributed by atoms with van der Waals surface area (Å²) in [5.41, 5.74) is 8.62. The Morgan fingerprint density at radius 1 is 1.33 bits per heavy atom. The van der Waals surface area contributed by atoms with Gasteiger partial charge >= 0.3 is 0 Å². The third kappa shape index (κ3) is 2.71. The van der Waals surface area contributed by atoms with E-state index in [-0.39, 0.29) is 11.6 Å². The van der Waals surface area contributed by atoms with Gasteiger partial charge in [-0.25, -0.2) is 0 Å². The van der Waals surface area contributed by atoms with Gasteiger partial charge in [0.2, 0.25) is 0 Å². The van der Waals surface area contributed by atoms with Crippen LogP contribution in [0, 0.1) is 6.92 Å². The van der Waals surface area contributed by atoms with Gasteiger partial charge < -0.3 is 10.5 Å². The quantitative estimate of drug-likeness (QED) is 0.882. The highest BCUT2D eigenvalue weighted by atomic mass is 16.5. The first-order valence-corrected chi connectivity index (χ1v) is 6.52. The fraction of sp³-hybridized carbons (Fsp3) is 0.643. The van der Waals surface area contributed by atoms with E-state index in [1.165, 1.54) is 0 Å². The van der Waals surface area contributed by atoms with Crippen LogP contribution in [0.25, 0.3) is 0 Å². The van der Waals surface area contributed by atoms with Gasteiger partial charge in [0, 0.05) is 37.1 Å². The van der Waals surface area contributed by atoms with Crippen LogP contribution >= 0.6 is 0 Å². The minimum absolute atomic E-state index is 0.0389. The van der Waals surface area contributed by atoms with Crippen LogP contribution < -0.4 is 5.73 Å². The number of hydrogen-bond donors (Lipinski definition) is 1. The molecular formula is C14H23N3O. The molecule has 2 N–H and O–H groups in total. The molecule has 1 unspecified atom stereocenters. The van der Waals surface area contributed by atoms with Crippen molar-refractivity contribution in [2.45, 2.75) is 32.4 Å². The van der Waals surface area contributed by atoms with E-state index in [1.54, 1.807) is 0 Å². The normalized spacial score (nSPS) is 19.8. The lowest BCUT2D eigenvalue weighted by Crippen LogP contribution is -2.55. The van der Waals surface area contributed by atoms with E-state index in [9.17, 15) is 0 Å². The zero-order valence-electron chi connectivity index (χ0n) is 11.5. The van der Waals surface area contributed by atoms with Crippen LogP contribution in [-0.4, -0.2) is 41.7 Å². The third-order valence-electron chi connectivity index (χ3n) is 3.84. The molecule has 0 aromatic carbocycles. The van der Waals surface area contributed by atoms with Crippen molar-refractivity contribution in [1.29, 1.82) is 0 Å². The molecule has 1 saturated heterocycles. The maximum atomic E-state index is 6.45. The second-order valence-electron chi connectivity index (χ2n) is 5.53. The van der Waals surface area contributed by atoms with Crippen molar-refractivity contribution in [3.05, 3.63) is 29.6 Å². The first-order chi connectivity index (χ1) is 8.51. The molecule has 100 valence electrons. The highest BCUT2D eigenvalue weighted by molar-refractivity contribution is 5.23. The standard InChI is InChI=1S/C14H23N3O/c1-11-8-12(10-16-9-11)13(15)14(2,3)17-4-6-18-7-5-17/h8-10,13H,4-7,15H2,1-3H3. The highest BCUT2D eigenvalue weighted by Crippen LogP contribution is 2.29. The Morgan fingerprint density at radius 2 is 2.00 bits per heavy atom. The number of nitrogens with two attached hydrogens (primary N) is 1. The minimum Gasteiger partial charge on any atom is -0.379 e. The lowest BCUT2D eigenvalue weighted by molar-refractivity contribution is -0.0191. The van der Waals surface area contributed by atoms with Gasteiger partial charge in [0.15, 0.2) is 0 Å². The highest BCUT2D eigenvalue weighted by Gasteiger charge is 2.35. The average Bonchev–Trinajstić information content (AvgIpc) is 2.39. The zero-order valence-corrected chi connectivity index (χ0v) is 11.5. The monoisotopic (exact) mass is 249 g/mol. The second-order valence-corrected chi connectivity index (χ2v) is 5.53. The lowest BCUT2D eigenvalue weighted by atomic mass is 9.87. The molecule has 0 amide bonds. The number of aromatic nitrogens is 1. The van der Waals surface area contributed by atoms with Crippen LogP contribution in [0.2, 0.25) is 0 Å². The molecule has 2 rings (SSSR count). The Bertz CT molecular complexity index is 400. The summed E-state index contributed by atoms with van der Waals surface area (Å²) in [6.07, 6.45) is 3.73. The summed E-state index contributed by atoms with van der Waals surface area (Å²) in [5, 5.41) is 0. The molecule has 1 aliphatic heterocycles. The SMILES string of the molecule is Cc1cncc(C(N)C(C)(C)N2CCOCC2)c1. The summed E-state index contributed by atoms with van der Waals surface area (Å²) in [6, 6.07) is 2.09. The number of hydrogen-bond acceptors (Lipinski definition) is 4. The predicted molar refractivity (Wildman–Crippen MR) is 72.4 cm³/mol. The second kappa shape index (κ2) is 5.34. The molecule has 2 heterocycles. The van der Waals surface area contributed by atoms with E-state index in [1.807, 2.05) is 19.3 Å². The Kier molecular flexibility index (Phi) is 4.00. The van der Waals surface area contributed by atoms with Crippen molar-refractivity contribution in [3.8, 4) is 0 Å². The third-order valence-corrected chi connectivity index (χ3v) is 3.84. The first kappa shape index (κ1) is 13.5. The number of pyridine rings is 1. The van der Waals surface area contributed by atoms with E-state index < -0.39 is 0 Å². The Morgan fingerprint density at radius 3 is 2.61 bits per heavy atom. The number of morpholine rings is 1. The molecule has 1 aliphatic rings. The van der Waals surface area contributed by atoms with Crippen molar-refractivity contribution in [1.82, 2.24) is 9.88 Å². The molecule has 18 heavy (non-hydrogen) atoms. The van der Waals surface area contributed by atoms with Gasteiger partial charge in [0.05, 0.1) is 13.2 Å². The van der Waals surface area contributed by atoms with Crippen molar-refractivity contribution >= 4 is 0 Å². The van der Waals surface area contributed by atoms with Crippen molar-refractivity contribution in [2.24, 2.45) is 5.73 Å². The number of rotatable bonds is 3. The van der Waals surface area contributed by atoms with Gasteiger partial charge in [-0.05, 0) is 31.9 Å². The molecule has 1 aromatic heterocycles. The lowest BCUT2D eigenvalue weighted by Gasteiger charge is -2.44. The van der Waals surface area contributed by atoms with E-state index in [0.29, 0.717) is 0 Å². The molecule has 4 nitrogen and oxygen atoms in total. The van der Waals surface area contributed by atoms with Gasteiger partial charge in [-0.1, -0.05) is 6.07 Å². The topological polar surface area (TPSA) is 51.4 Å². The van der Waals surface area contributed by atoms with Crippen LogP contribution in [-0.2, 0) is 4.74 Å². The number of ether oxygens (including phenoxy) is 1. The molecule has 4 heteroatoms. The average molecular weight is 249 g/mol. The summed E-state index contributed by atoms with van der Waals surface area (Å²) in [6.45, 7) is 9.92. The van der Waals surface area contributed by atoms with E-state index in [0.717, 1.165) is 37.4 Å². The maximum Gasteiger partial charge on any atom is 0.0594 e. The molecule has 1 atom stereocenters. The summed E-state index contributed by atoms with van der Waals surface area (Å²) < 4.78 is 5.40. The molecule has 0 bridgehead atoms. The van der Waals surface area contributed by atoms with Crippen LogP contribution in [0.1, 0.15) is 31.0 Å². The van der Waals surface area contributed by atoms with Crippen molar-refractivity contribution < 1.29 is 4.74 Å². The Labute approximate surface area is 109 Å². The molecule has 0 aliphatic carbocycles. The van der Waals surface area contributed by atoms with Crippen LogP contribution in [0.15, 0.2) is 18.5 Å². The van der Waals surface area contributed by atoms with E-state index >= 15 is 0 Å². The predicted octanol–water partition coefficient (Wildman–Crippen LogP) is 1.50. The zero-order chi connectivity index (χ0) is 13.2. The smallest absolute Gasteiger partial charge is 0.0594 e. The largest absolute Gasteiger partial charge is 0.379 e. The fourth-order valence-electron chi connectivity index (χ4n) is 2.49. The van der Waals surface area contributed by atoms with Crippen molar-refractivity contribution in [3.63, 3.8) is 0 Å². The van der Waals surface area contributed by atoms with Crippen molar-refractivity contribution in [2.75, 3.05) is 26.3 Å². The molecular weight excluding hydrogens is 226 g/mol. The first-order valence-electron chi connectivity index (χ1n) is 6.52.